The number of carbonyl (C=O) groups excluding carboxylic acids is 1. The second-order valence-corrected chi connectivity index (χ2v) is 5.00. The molecular weight excluding hydrogens is 236 g/mol. The Balaban J connectivity index is 2.43. The predicted octanol–water partition coefficient (Wildman–Crippen LogP) is 1.86. The first-order valence-electron chi connectivity index (χ1n) is 5.91. The quantitative estimate of drug-likeness (QED) is 0.697. The van der Waals surface area contributed by atoms with E-state index in [9.17, 15) is 4.79 Å². The van der Waals surface area contributed by atoms with Gasteiger partial charge in [-0.15, -0.1) is 11.3 Å². The zero-order valence-corrected chi connectivity index (χ0v) is 10.9. The Labute approximate surface area is 106 Å². The first-order chi connectivity index (χ1) is 8.19. The van der Waals surface area contributed by atoms with Crippen molar-refractivity contribution in [3.8, 4) is 0 Å². The highest BCUT2D eigenvalue weighted by Gasteiger charge is 2.13. The third-order valence-electron chi connectivity index (χ3n) is 2.69. The number of nitrogens with two attached hydrogens (primary N) is 1. The molecule has 0 saturated carbocycles. The fourth-order valence-electron chi connectivity index (χ4n) is 1.76. The lowest BCUT2D eigenvalue weighted by Crippen LogP contribution is -2.29. The number of anilines is 1. The zero-order chi connectivity index (χ0) is 12.7. The van der Waals surface area contributed by atoms with Crippen molar-refractivity contribution in [2.45, 2.75) is 26.2 Å². The fraction of sp³-hybridized carbons (Fsp3) is 0.583. The zero-order valence-electron chi connectivity index (χ0n) is 10.1. The summed E-state index contributed by atoms with van der Waals surface area (Å²) in [6.45, 7) is 2.87. The number of aliphatic hydroxyl groups is 1. The number of aliphatic hydroxyl groups excluding tert-OH is 1. The molecule has 0 bridgehead atoms. The van der Waals surface area contributed by atoms with Gasteiger partial charge in [0.25, 0.3) is 5.91 Å². The van der Waals surface area contributed by atoms with E-state index in [1.54, 1.807) is 6.07 Å². The van der Waals surface area contributed by atoms with Crippen LogP contribution in [0.2, 0.25) is 0 Å². The van der Waals surface area contributed by atoms with Crippen molar-refractivity contribution < 1.29 is 9.90 Å². The molecule has 1 rings (SSSR count). The van der Waals surface area contributed by atoms with E-state index in [0.29, 0.717) is 23.0 Å². The van der Waals surface area contributed by atoms with Gasteiger partial charge in [0.05, 0.1) is 5.69 Å². The van der Waals surface area contributed by atoms with E-state index in [4.69, 9.17) is 10.8 Å². The lowest BCUT2D eigenvalue weighted by molar-refractivity contribution is 0.0948. The van der Waals surface area contributed by atoms with Crippen LogP contribution in [0, 0.1) is 5.92 Å². The molecule has 1 heterocycles. The molecule has 0 aromatic carbocycles. The van der Waals surface area contributed by atoms with E-state index in [0.717, 1.165) is 19.3 Å². The van der Waals surface area contributed by atoms with Crippen molar-refractivity contribution >= 4 is 22.9 Å². The molecule has 4 N–H and O–H groups in total. The summed E-state index contributed by atoms with van der Waals surface area (Å²) in [5.41, 5.74) is 6.20. The van der Waals surface area contributed by atoms with Crippen LogP contribution in [-0.4, -0.2) is 24.2 Å². The molecule has 4 nitrogen and oxygen atoms in total. The minimum atomic E-state index is -0.114. The highest BCUT2D eigenvalue weighted by atomic mass is 32.1. The van der Waals surface area contributed by atoms with Crippen molar-refractivity contribution in [1.82, 2.24) is 5.32 Å². The summed E-state index contributed by atoms with van der Waals surface area (Å²) in [4.78, 5) is 12.4. The van der Waals surface area contributed by atoms with Crippen LogP contribution in [0.1, 0.15) is 35.9 Å². The largest absolute Gasteiger partial charge is 0.397 e. The van der Waals surface area contributed by atoms with Crippen LogP contribution in [0.15, 0.2) is 11.4 Å². The molecule has 17 heavy (non-hydrogen) atoms. The van der Waals surface area contributed by atoms with Gasteiger partial charge < -0.3 is 16.2 Å². The Morgan fingerprint density at radius 2 is 2.35 bits per heavy atom. The number of carbonyl (C=O) groups is 1. The summed E-state index contributed by atoms with van der Waals surface area (Å²) in [5.74, 6) is 0.228. The van der Waals surface area contributed by atoms with E-state index >= 15 is 0 Å². The molecule has 0 radical (unpaired) electrons. The van der Waals surface area contributed by atoms with Crippen LogP contribution in [0.25, 0.3) is 0 Å². The van der Waals surface area contributed by atoms with E-state index in [1.807, 2.05) is 5.38 Å². The second-order valence-electron chi connectivity index (χ2n) is 4.08. The van der Waals surface area contributed by atoms with Gasteiger partial charge in [0.15, 0.2) is 0 Å². The minimum Gasteiger partial charge on any atom is -0.397 e. The molecule has 1 atom stereocenters. The molecule has 1 aromatic heterocycles. The average Bonchev–Trinajstić information content (AvgIpc) is 2.72. The predicted molar refractivity (Wildman–Crippen MR) is 71.2 cm³/mol. The first kappa shape index (κ1) is 14.0. The van der Waals surface area contributed by atoms with Crippen LogP contribution in [0.5, 0.6) is 0 Å². The van der Waals surface area contributed by atoms with Crippen molar-refractivity contribution in [3.05, 3.63) is 16.3 Å². The van der Waals surface area contributed by atoms with Crippen molar-refractivity contribution in [3.63, 3.8) is 0 Å². The van der Waals surface area contributed by atoms with Gasteiger partial charge in [-0.05, 0) is 30.2 Å². The summed E-state index contributed by atoms with van der Waals surface area (Å²) in [5, 5.41) is 13.6. The number of amides is 1. The molecule has 5 heteroatoms. The molecule has 1 aromatic rings. The van der Waals surface area contributed by atoms with Gasteiger partial charge in [-0.1, -0.05) is 13.3 Å². The minimum absolute atomic E-state index is 0.114. The van der Waals surface area contributed by atoms with Crippen LogP contribution >= 0.6 is 11.3 Å². The molecular formula is C12H20N2O2S. The molecule has 0 aliphatic carbocycles. The van der Waals surface area contributed by atoms with Gasteiger partial charge in [0.1, 0.15) is 4.88 Å². The molecule has 1 amide bonds. The Hall–Kier alpha value is -1.07. The number of hydrogen-bond acceptors (Lipinski definition) is 4. The number of rotatable bonds is 7. The van der Waals surface area contributed by atoms with E-state index in [2.05, 4.69) is 12.2 Å². The van der Waals surface area contributed by atoms with Crippen LogP contribution < -0.4 is 11.1 Å². The van der Waals surface area contributed by atoms with Gasteiger partial charge in [-0.2, -0.15) is 0 Å². The Morgan fingerprint density at radius 1 is 1.59 bits per heavy atom. The van der Waals surface area contributed by atoms with E-state index in [-0.39, 0.29) is 12.5 Å². The topological polar surface area (TPSA) is 75.3 Å². The Kier molecular flexibility index (Phi) is 6.00. The lowest BCUT2D eigenvalue weighted by Gasteiger charge is -2.15. The molecule has 0 saturated heterocycles. The molecule has 0 fully saturated rings. The monoisotopic (exact) mass is 256 g/mol. The normalized spacial score (nSPS) is 12.4. The van der Waals surface area contributed by atoms with Gasteiger partial charge in [-0.3, -0.25) is 4.79 Å². The third kappa shape index (κ3) is 4.36. The number of hydrogen-bond donors (Lipinski definition) is 3. The maximum Gasteiger partial charge on any atom is 0.263 e. The summed E-state index contributed by atoms with van der Waals surface area (Å²) < 4.78 is 0. The molecule has 1 unspecified atom stereocenters. The van der Waals surface area contributed by atoms with Crippen LogP contribution in [0.4, 0.5) is 5.69 Å². The second kappa shape index (κ2) is 7.29. The lowest BCUT2D eigenvalue weighted by atomic mass is 10.0. The van der Waals surface area contributed by atoms with Crippen molar-refractivity contribution in [2.75, 3.05) is 18.9 Å². The van der Waals surface area contributed by atoms with Gasteiger partial charge in [-0.25, -0.2) is 0 Å². The van der Waals surface area contributed by atoms with E-state index < -0.39 is 0 Å². The summed E-state index contributed by atoms with van der Waals surface area (Å²) in [7, 11) is 0. The molecule has 96 valence electrons. The number of nitrogen functional groups attached to an aromatic ring is 1. The van der Waals surface area contributed by atoms with E-state index in [1.165, 1.54) is 11.3 Å². The summed E-state index contributed by atoms with van der Waals surface area (Å²) in [6, 6.07) is 1.73. The summed E-state index contributed by atoms with van der Waals surface area (Å²) in [6.07, 6.45) is 2.80. The van der Waals surface area contributed by atoms with Gasteiger partial charge in [0.2, 0.25) is 0 Å². The van der Waals surface area contributed by atoms with Crippen LogP contribution in [-0.2, 0) is 0 Å². The summed E-state index contributed by atoms with van der Waals surface area (Å²) >= 11 is 1.35. The number of thiophene rings is 1. The Morgan fingerprint density at radius 3 is 2.88 bits per heavy atom. The van der Waals surface area contributed by atoms with Gasteiger partial charge >= 0.3 is 0 Å². The maximum absolute atomic E-state index is 11.8. The van der Waals surface area contributed by atoms with Crippen molar-refractivity contribution in [2.24, 2.45) is 5.92 Å². The Bertz CT molecular complexity index is 346. The molecule has 0 aliphatic heterocycles. The highest BCUT2D eigenvalue weighted by Crippen LogP contribution is 2.18. The smallest absolute Gasteiger partial charge is 0.263 e. The highest BCUT2D eigenvalue weighted by molar-refractivity contribution is 7.12. The SMILES string of the molecule is CCCC(CCO)CNC(=O)c1sccc1N. The van der Waals surface area contributed by atoms with Crippen LogP contribution in [0.3, 0.4) is 0 Å². The maximum atomic E-state index is 11.8. The molecule has 0 aliphatic rings. The third-order valence-corrected chi connectivity index (χ3v) is 3.62. The standard InChI is InChI=1S/C12H20N2O2S/c1-2-3-9(4-6-15)8-14-12(16)11-10(13)5-7-17-11/h5,7,9,15H,2-4,6,8,13H2,1H3,(H,14,16). The average molecular weight is 256 g/mol. The molecule has 0 spiro atoms. The van der Waals surface area contributed by atoms with Gasteiger partial charge in [0, 0.05) is 13.2 Å². The fourth-order valence-corrected chi connectivity index (χ4v) is 2.49. The first-order valence-corrected chi connectivity index (χ1v) is 6.79. The number of nitrogens with one attached hydrogen (secondary N) is 1. The van der Waals surface area contributed by atoms with Crippen molar-refractivity contribution in [1.29, 1.82) is 0 Å².